The standard InChI is InChI=1S/C21H21NO3.C14H9NO2.C7H13ClO.C7H14O2/c1-4-11-21(2,3)20(25)22-13-9-10-15-14-7-5-6-8-16(14)18(23)19(24)17(15)12-13;15-8-5-6-10-9-3-1-2-4-11(9)13(16)14(17)12(10)7-8;2*1-4-5-7(2,3)6(8)9/h5-10,12H,4,11H2,1-3H3,(H,22,25);1-7H,15H2;4-5H2,1-3H3;4-5H2,1-3H3,(H,8,9). The second-order valence-corrected chi connectivity index (χ2v) is 17.3. The van der Waals surface area contributed by atoms with Crippen LogP contribution in [0, 0.1) is 16.2 Å². The zero-order valence-corrected chi connectivity index (χ0v) is 36.8. The molecule has 0 atom stereocenters. The summed E-state index contributed by atoms with van der Waals surface area (Å²) in [5.74, 6) is -2.77. The van der Waals surface area contributed by atoms with Crippen LogP contribution in [0.5, 0.6) is 0 Å². The topological polar surface area (TPSA) is 178 Å². The van der Waals surface area contributed by atoms with Gasteiger partial charge in [0.25, 0.3) is 0 Å². The Kier molecular flexibility index (Phi) is 16.6. The second kappa shape index (κ2) is 20.5. The number of nitrogen functional groups attached to an aromatic ring is 1. The number of anilines is 2. The van der Waals surface area contributed by atoms with Crippen molar-refractivity contribution in [3.05, 3.63) is 107 Å². The minimum absolute atomic E-state index is 0.0933. The molecule has 0 fully saturated rings. The van der Waals surface area contributed by atoms with Crippen molar-refractivity contribution in [1.29, 1.82) is 0 Å². The maximum absolute atomic E-state index is 12.5. The molecule has 4 aromatic carbocycles. The van der Waals surface area contributed by atoms with Crippen molar-refractivity contribution in [2.24, 2.45) is 16.2 Å². The zero-order valence-electron chi connectivity index (χ0n) is 36.1. The fourth-order valence-corrected chi connectivity index (χ4v) is 6.94. The minimum atomic E-state index is -0.704. The molecular formula is C49H57ClN2O8. The number of ketones is 4. The molecule has 10 nitrogen and oxygen atoms in total. The number of rotatable bonds is 10. The smallest absolute Gasteiger partial charge is 0.309 e. The van der Waals surface area contributed by atoms with Crippen LogP contribution in [-0.4, -0.2) is 45.4 Å². The van der Waals surface area contributed by atoms with E-state index < -0.39 is 39.9 Å². The third-order valence-electron chi connectivity index (χ3n) is 10.5. The maximum atomic E-state index is 12.5. The number of Topliss-reactive ketones (excluding diaryl/α,β-unsaturated/α-hetero) is 4. The van der Waals surface area contributed by atoms with Crippen LogP contribution in [-0.2, 0) is 14.4 Å². The van der Waals surface area contributed by atoms with Gasteiger partial charge in [-0.15, -0.1) is 0 Å². The highest BCUT2D eigenvalue weighted by atomic mass is 35.5. The number of nitrogens with two attached hydrogens (primary N) is 1. The number of hydrogen-bond donors (Lipinski definition) is 3. The number of carboxylic acid groups (broad SMARTS) is 1. The highest BCUT2D eigenvalue weighted by Crippen LogP contribution is 2.36. The average molecular weight is 837 g/mol. The van der Waals surface area contributed by atoms with Gasteiger partial charge in [0.1, 0.15) is 0 Å². The lowest BCUT2D eigenvalue weighted by Gasteiger charge is -2.24. The van der Waals surface area contributed by atoms with E-state index in [0.29, 0.717) is 33.6 Å². The summed E-state index contributed by atoms with van der Waals surface area (Å²) in [7, 11) is 0. The van der Waals surface area contributed by atoms with Gasteiger partial charge in [-0.05, 0) is 91.2 Å². The van der Waals surface area contributed by atoms with E-state index >= 15 is 0 Å². The van der Waals surface area contributed by atoms with Crippen molar-refractivity contribution in [2.45, 2.75) is 101 Å². The molecule has 4 aromatic rings. The number of hydrogen-bond acceptors (Lipinski definition) is 8. The first-order valence-corrected chi connectivity index (χ1v) is 20.6. The summed E-state index contributed by atoms with van der Waals surface area (Å²) < 4.78 is 0. The summed E-state index contributed by atoms with van der Waals surface area (Å²) in [6, 6.07) is 24.5. The Balaban J connectivity index is 0.000000237. The molecule has 11 heteroatoms. The van der Waals surface area contributed by atoms with Crippen LogP contribution in [0.3, 0.4) is 0 Å². The van der Waals surface area contributed by atoms with Crippen LogP contribution in [0.2, 0.25) is 0 Å². The Morgan fingerprint density at radius 2 is 0.900 bits per heavy atom. The minimum Gasteiger partial charge on any atom is -0.481 e. The molecule has 0 saturated heterocycles. The lowest BCUT2D eigenvalue weighted by molar-refractivity contribution is -0.147. The molecule has 0 aliphatic heterocycles. The molecule has 0 saturated carbocycles. The highest BCUT2D eigenvalue weighted by Gasteiger charge is 2.32. The Morgan fingerprint density at radius 3 is 1.30 bits per heavy atom. The number of halogens is 1. The molecule has 0 heterocycles. The molecule has 0 unspecified atom stereocenters. The van der Waals surface area contributed by atoms with Crippen LogP contribution in [0.25, 0.3) is 22.3 Å². The zero-order chi connectivity index (χ0) is 45.2. The highest BCUT2D eigenvalue weighted by molar-refractivity contribution is 6.64. The fourth-order valence-electron chi connectivity index (χ4n) is 6.84. The first kappa shape index (κ1) is 48.6. The summed E-state index contributed by atoms with van der Waals surface area (Å²) in [5.41, 5.74) is 10.0. The van der Waals surface area contributed by atoms with Gasteiger partial charge < -0.3 is 16.2 Å². The first-order chi connectivity index (χ1) is 28.0. The molecule has 0 radical (unpaired) electrons. The number of benzene rings is 4. The Morgan fingerprint density at radius 1 is 0.533 bits per heavy atom. The Bertz CT molecular complexity index is 2260. The SMILES string of the molecule is CCCC(C)(C)C(=O)Cl.CCCC(C)(C)C(=O)Nc1ccc2c(c1)C(=O)C(=O)c1ccccc1-2.CCCC(C)(C)C(=O)O.Nc1ccc2c(c1)C(=O)C(=O)c1ccccc1-2. The monoisotopic (exact) mass is 836 g/mol. The van der Waals surface area contributed by atoms with E-state index in [2.05, 4.69) is 5.32 Å². The van der Waals surface area contributed by atoms with Gasteiger partial charge in [-0.2, -0.15) is 0 Å². The van der Waals surface area contributed by atoms with Gasteiger partial charge in [0.15, 0.2) is 0 Å². The average Bonchev–Trinajstić information content (AvgIpc) is 3.19. The largest absolute Gasteiger partial charge is 0.481 e. The van der Waals surface area contributed by atoms with Gasteiger partial charge in [-0.1, -0.05) is 128 Å². The van der Waals surface area contributed by atoms with E-state index in [4.69, 9.17) is 22.4 Å². The van der Waals surface area contributed by atoms with Gasteiger partial charge in [-0.3, -0.25) is 33.6 Å². The van der Waals surface area contributed by atoms with Crippen LogP contribution in [0.15, 0.2) is 84.9 Å². The Hall–Kier alpha value is -5.74. The summed E-state index contributed by atoms with van der Waals surface area (Å²) in [5, 5.41) is 11.2. The van der Waals surface area contributed by atoms with E-state index in [1.54, 1.807) is 74.5 Å². The second-order valence-electron chi connectivity index (χ2n) is 16.9. The molecule has 1 amide bonds. The number of carbonyl (C=O) groups excluding carboxylic acids is 6. The van der Waals surface area contributed by atoms with E-state index in [-0.39, 0.29) is 16.6 Å². The van der Waals surface area contributed by atoms with Crippen LogP contribution in [0.1, 0.15) is 142 Å². The number of nitrogens with one attached hydrogen (secondary N) is 1. The van der Waals surface area contributed by atoms with E-state index in [1.165, 1.54) is 0 Å². The molecule has 0 spiro atoms. The van der Waals surface area contributed by atoms with Crippen molar-refractivity contribution in [2.75, 3.05) is 11.1 Å². The molecule has 2 aliphatic rings. The summed E-state index contributed by atoms with van der Waals surface area (Å²) in [6.07, 6.45) is 5.24. The van der Waals surface area contributed by atoms with Gasteiger partial charge in [0, 0.05) is 44.5 Å². The molecular weight excluding hydrogens is 780 g/mol. The van der Waals surface area contributed by atoms with E-state index in [0.717, 1.165) is 60.8 Å². The van der Waals surface area contributed by atoms with Crippen molar-refractivity contribution in [3.8, 4) is 22.3 Å². The summed E-state index contributed by atoms with van der Waals surface area (Å²) in [4.78, 5) is 82.1. The predicted octanol–water partition coefficient (Wildman–Crippen LogP) is 11.3. The summed E-state index contributed by atoms with van der Waals surface area (Å²) in [6.45, 7) is 17.1. The third-order valence-corrected chi connectivity index (χ3v) is 11.0. The number of carbonyl (C=O) groups is 7. The maximum Gasteiger partial charge on any atom is 0.309 e. The van der Waals surface area contributed by atoms with Gasteiger partial charge in [-0.25, -0.2) is 0 Å². The van der Waals surface area contributed by atoms with Gasteiger partial charge >= 0.3 is 5.97 Å². The van der Waals surface area contributed by atoms with Crippen LogP contribution in [0.4, 0.5) is 11.4 Å². The van der Waals surface area contributed by atoms with Crippen LogP contribution < -0.4 is 11.1 Å². The van der Waals surface area contributed by atoms with Crippen LogP contribution >= 0.6 is 11.6 Å². The van der Waals surface area contributed by atoms with Crippen molar-refractivity contribution >= 4 is 63.2 Å². The third kappa shape index (κ3) is 11.7. The number of amides is 1. The number of carboxylic acids is 1. The lowest BCUT2D eigenvalue weighted by Crippen LogP contribution is -2.30. The van der Waals surface area contributed by atoms with E-state index in [9.17, 15) is 33.6 Å². The quantitative estimate of drug-likeness (QED) is 0.0796. The first-order valence-electron chi connectivity index (χ1n) is 20.2. The molecule has 60 heavy (non-hydrogen) atoms. The summed E-state index contributed by atoms with van der Waals surface area (Å²) >= 11 is 5.31. The van der Waals surface area contributed by atoms with Crippen molar-refractivity contribution in [1.82, 2.24) is 0 Å². The van der Waals surface area contributed by atoms with Crippen molar-refractivity contribution in [3.63, 3.8) is 0 Å². The molecule has 0 aromatic heterocycles. The molecule has 0 bridgehead atoms. The number of fused-ring (bicyclic) bond motifs is 6. The normalized spacial score (nSPS) is 12.7. The van der Waals surface area contributed by atoms with E-state index in [1.807, 2.05) is 72.7 Å². The Labute approximate surface area is 358 Å². The lowest BCUT2D eigenvalue weighted by atomic mass is 9.83. The molecule has 2 aliphatic carbocycles. The fraction of sp³-hybridized carbons (Fsp3) is 0.367. The molecule has 4 N–H and O–H groups in total. The van der Waals surface area contributed by atoms with Crippen molar-refractivity contribution < 1.29 is 38.7 Å². The predicted molar refractivity (Wildman–Crippen MR) is 239 cm³/mol. The van der Waals surface area contributed by atoms with Gasteiger partial charge in [0.2, 0.25) is 34.3 Å². The number of aliphatic carboxylic acids is 1. The van der Waals surface area contributed by atoms with Gasteiger partial charge in [0.05, 0.1) is 5.41 Å². The molecule has 318 valence electrons. The molecule has 6 rings (SSSR count).